The first-order chi connectivity index (χ1) is 16.1. The van der Waals surface area contributed by atoms with Gasteiger partial charge in [-0.3, -0.25) is 9.10 Å². The van der Waals surface area contributed by atoms with Gasteiger partial charge in [0.15, 0.2) is 6.10 Å². The van der Waals surface area contributed by atoms with E-state index in [1.54, 1.807) is 24.3 Å². The third kappa shape index (κ3) is 6.65. The fourth-order valence-corrected chi connectivity index (χ4v) is 4.55. The van der Waals surface area contributed by atoms with E-state index in [4.69, 9.17) is 4.74 Å². The molecule has 0 radical (unpaired) electrons. The minimum absolute atomic E-state index is 0.147. The van der Waals surface area contributed by atoms with Gasteiger partial charge in [0, 0.05) is 25.8 Å². The number of anilines is 2. The van der Waals surface area contributed by atoms with Crippen LogP contribution in [0.2, 0.25) is 0 Å². The minimum atomic E-state index is -3.34. The maximum atomic E-state index is 12.9. The Morgan fingerprint density at radius 2 is 1.71 bits per heavy atom. The zero-order valence-electron chi connectivity index (χ0n) is 20.8. The van der Waals surface area contributed by atoms with Crippen molar-refractivity contribution in [2.45, 2.75) is 52.2 Å². The van der Waals surface area contributed by atoms with E-state index >= 15 is 0 Å². The van der Waals surface area contributed by atoms with Gasteiger partial charge in [-0.1, -0.05) is 26.0 Å². The number of sulfonamides is 1. The standard InChI is InChI=1S/C26H37N3O4S/c1-6-25(33-24-13-11-22(12-14-24)28(4)34(5,31)32)26(30)27-20(3)21-7-9-23(10-8-21)29-17-15-19(2)16-18-29/h7-14,19-20,25H,6,15-18H2,1-5H3,(H,27,30). The number of hydrogen-bond acceptors (Lipinski definition) is 5. The van der Waals surface area contributed by atoms with Crippen molar-refractivity contribution in [1.82, 2.24) is 5.32 Å². The SMILES string of the molecule is CCC(Oc1ccc(N(C)S(C)(=O)=O)cc1)C(=O)NC(C)c1ccc(N2CCC(C)CC2)cc1. The zero-order valence-corrected chi connectivity index (χ0v) is 21.6. The molecule has 0 aliphatic carbocycles. The van der Waals surface area contributed by atoms with Crippen molar-refractivity contribution < 1.29 is 17.9 Å². The van der Waals surface area contributed by atoms with Crippen LogP contribution in [0.1, 0.15) is 51.6 Å². The van der Waals surface area contributed by atoms with Crippen molar-refractivity contribution in [3.63, 3.8) is 0 Å². The molecule has 0 bridgehead atoms. The highest BCUT2D eigenvalue weighted by Gasteiger charge is 2.22. The molecule has 1 aliphatic rings. The average Bonchev–Trinajstić information content (AvgIpc) is 2.82. The van der Waals surface area contributed by atoms with Crippen LogP contribution < -0.4 is 19.3 Å². The predicted octanol–water partition coefficient (Wildman–Crippen LogP) is 4.35. The predicted molar refractivity (Wildman–Crippen MR) is 138 cm³/mol. The molecule has 2 aromatic carbocycles. The summed E-state index contributed by atoms with van der Waals surface area (Å²) in [7, 11) is -1.84. The zero-order chi connectivity index (χ0) is 24.9. The van der Waals surface area contributed by atoms with E-state index in [-0.39, 0.29) is 11.9 Å². The van der Waals surface area contributed by atoms with Gasteiger partial charge in [0.2, 0.25) is 10.0 Å². The molecule has 2 atom stereocenters. The number of ether oxygens (including phenoxy) is 1. The van der Waals surface area contributed by atoms with E-state index < -0.39 is 16.1 Å². The largest absolute Gasteiger partial charge is 0.481 e. The van der Waals surface area contributed by atoms with Gasteiger partial charge in [-0.05, 0) is 74.1 Å². The summed E-state index contributed by atoms with van der Waals surface area (Å²) < 4.78 is 30.5. The number of nitrogens with zero attached hydrogens (tertiary/aromatic N) is 2. The Hall–Kier alpha value is -2.74. The third-order valence-corrected chi connectivity index (χ3v) is 7.75. The highest BCUT2D eigenvalue weighted by Crippen LogP contribution is 2.25. The Kier molecular flexibility index (Phi) is 8.47. The number of nitrogens with one attached hydrogen (secondary N) is 1. The number of carbonyl (C=O) groups excluding carboxylic acids is 1. The molecule has 2 unspecified atom stereocenters. The Morgan fingerprint density at radius 1 is 1.12 bits per heavy atom. The first-order valence-corrected chi connectivity index (χ1v) is 13.8. The van der Waals surface area contributed by atoms with Crippen LogP contribution in [0.5, 0.6) is 5.75 Å². The van der Waals surface area contributed by atoms with Crippen molar-refractivity contribution in [3.05, 3.63) is 54.1 Å². The molecule has 1 aliphatic heterocycles. The van der Waals surface area contributed by atoms with Crippen LogP contribution in [0.3, 0.4) is 0 Å². The fourth-order valence-electron chi connectivity index (χ4n) is 4.04. The molecule has 8 heteroatoms. The number of hydrogen-bond donors (Lipinski definition) is 1. The van der Waals surface area contributed by atoms with Crippen LogP contribution in [-0.2, 0) is 14.8 Å². The molecule has 7 nitrogen and oxygen atoms in total. The summed E-state index contributed by atoms with van der Waals surface area (Å²) in [5.41, 5.74) is 2.81. The van der Waals surface area contributed by atoms with Crippen molar-refractivity contribution in [1.29, 1.82) is 0 Å². The average molecular weight is 488 g/mol. The Bertz CT molecular complexity index is 1050. The number of piperidine rings is 1. The molecule has 1 fully saturated rings. The summed E-state index contributed by atoms with van der Waals surface area (Å²) in [4.78, 5) is 15.3. The fraction of sp³-hybridized carbons (Fsp3) is 0.500. The van der Waals surface area contributed by atoms with Crippen molar-refractivity contribution in [3.8, 4) is 5.75 Å². The van der Waals surface area contributed by atoms with E-state index in [2.05, 4.69) is 41.4 Å². The molecule has 1 amide bonds. The Balaban J connectivity index is 1.58. The molecular weight excluding hydrogens is 450 g/mol. The lowest BCUT2D eigenvalue weighted by Gasteiger charge is -2.32. The van der Waals surface area contributed by atoms with Gasteiger partial charge < -0.3 is 15.0 Å². The second-order valence-corrected chi connectivity index (χ2v) is 11.2. The number of benzene rings is 2. The van der Waals surface area contributed by atoms with Gasteiger partial charge in [-0.25, -0.2) is 8.42 Å². The molecule has 2 aromatic rings. The molecule has 1 N–H and O–H groups in total. The monoisotopic (exact) mass is 487 g/mol. The molecule has 1 heterocycles. The highest BCUT2D eigenvalue weighted by molar-refractivity contribution is 7.92. The Morgan fingerprint density at radius 3 is 2.24 bits per heavy atom. The third-order valence-electron chi connectivity index (χ3n) is 6.54. The molecule has 1 saturated heterocycles. The van der Waals surface area contributed by atoms with E-state index in [1.165, 1.54) is 29.9 Å². The summed E-state index contributed by atoms with van der Waals surface area (Å²) in [6, 6.07) is 15.0. The molecule has 3 rings (SSSR count). The molecule has 34 heavy (non-hydrogen) atoms. The molecule has 0 aromatic heterocycles. The van der Waals surface area contributed by atoms with Gasteiger partial charge >= 0.3 is 0 Å². The first kappa shape index (κ1) is 25.9. The van der Waals surface area contributed by atoms with Gasteiger partial charge in [0.05, 0.1) is 18.0 Å². The van der Waals surface area contributed by atoms with E-state index in [9.17, 15) is 13.2 Å². The topological polar surface area (TPSA) is 78.9 Å². The van der Waals surface area contributed by atoms with E-state index in [1.807, 2.05) is 13.8 Å². The van der Waals surface area contributed by atoms with Gasteiger partial charge in [0.1, 0.15) is 5.75 Å². The molecular formula is C26H37N3O4S. The molecule has 0 saturated carbocycles. The smallest absolute Gasteiger partial charge is 0.261 e. The van der Waals surface area contributed by atoms with Crippen LogP contribution in [0.25, 0.3) is 0 Å². The van der Waals surface area contributed by atoms with Crippen molar-refractivity contribution in [2.75, 3.05) is 35.6 Å². The lowest BCUT2D eigenvalue weighted by atomic mass is 9.98. The van der Waals surface area contributed by atoms with Crippen LogP contribution in [0.15, 0.2) is 48.5 Å². The normalized spacial score (nSPS) is 16.6. The first-order valence-electron chi connectivity index (χ1n) is 11.9. The van der Waals surface area contributed by atoms with E-state index in [0.717, 1.165) is 30.8 Å². The summed E-state index contributed by atoms with van der Waals surface area (Å²) in [6.07, 6.45) is 3.47. The molecule has 186 valence electrons. The maximum absolute atomic E-state index is 12.9. The van der Waals surface area contributed by atoms with Gasteiger partial charge in [0.25, 0.3) is 5.91 Å². The lowest BCUT2D eigenvalue weighted by Crippen LogP contribution is -2.39. The van der Waals surface area contributed by atoms with E-state index in [0.29, 0.717) is 17.9 Å². The van der Waals surface area contributed by atoms with Gasteiger partial charge in [-0.15, -0.1) is 0 Å². The summed E-state index contributed by atoms with van der Waals surface area (Å²) in [6.45, 7) is 8.36. The van der Waals surface area contributed by atoms with Crippen LogP contribution >= 0.6 is 0 Å². The molecule has 0 spiro atoms. The number of carbonyl (C=O) groups is 1. The van der Waals surface area contributed by atoms with Gasteiger partial charge in [-0.2, -0.15) is 0 Å². The van der Waals surface area contributed by atoms with Crippen LogP contribution in [-0.4, -0.2) is 46.8 Å². The van der Waals surface area contributed by atoms with Crippen molar-refractivity contribution >= 4 is 27.3 Å². The Labute approximate surface area is 204 Å². The summed E-state index contributed by atoms with van der Waals surface area (Å²) >= 11 is 0. The van der Waals surface area contributed by atoms with Crippen LogP contribution in [0, 0.1) is 5.92 Å². The van der Waals surface area contributed by atoms with Crippen molar-refractivity contribution in [2.24, 2.45) is 5.92 Å². The number of rotatable bonds is 9. The lowest BCUT2D eigenvalue weighted by molar-refractivity contribution is -0.128. The minimum Gasteiger partial charge on any atom is -0.481 e. The summed E-state index contributed by atoms with van der Waals surface area (Å²) in [5.74, 6) is 1.13. The second kappa shape index (κ2) is 11.1. The maximum Gasteiger partial charge on any atom is 0.261 e. The summed E-state index contributed by atoms with van der Waals surface area (Å²) in [5, 5.41) is 3.06. The highest BCUT2D eigenvalue weighted by atomic mass is 32.2. The second-order valence-electron chi connectivity index (χ2n) is 9.23. The number of amides is 1. The van der Waals surface area contributed by atoms with Crippen LogP contribution in [0.4, 0.5) is 11.4 Å². The quantitative estimate of drug-likeness (QED) is 0.569.